The predicted octanol–water partition coefficient (Wildman–Crippen LogP) is -0.549. The minimum Gasteiger partial charge on any atom is -0.369 e. The van der Waals surface area contributed by atoms with Crippen molar-refractivity contribution in [1.29, 1.82) is 0 Å². The Hall–Kier alpha value is -3.01. The third-order valence-corrected chi connectivity index (χ3v) is 4.08. The van der Waals surface area contributed by atoms with E-state index in [4.69, 9.17) is 0 Å². The number of rotatable bonds is 3. The van der Waals surface area contributed by atoms with Crippen LogP contribution in [-0.4, -0.2) is 59.9 Å². The van der Waals surface area contributed by atoms with Gasteiger partial charge in [0, 0.05) is 44.0 Å². The van der Waals surface area contributed by atoms with Crippen LogP contribution in [0.3, 0.4) is 0 Å². The number of hydrogen-bond acceptors (Lipinski definition) is 7. The average molecular weight is 333 g/mol. The van der Waals surface area contributed by atoms with E-state index in [-0.39, 0.29) is 5.69 Å². The number of non-ortho nitro benzene ring substituents is 1. The van der Waals surface area contributed by atoms with Crippen molar-refractivity contribution in [2.45, 2.75) is 6.04 Å². The molecule has 0 radical (unpaired) electrons. The number of nitrogens with one attached hydrogen (secondary N) is 2. The molecule has 2 saturated heterocycles. The van der Waals surface area contributed by atoms with Crippen molar-refractivity contribution in [3.05, 3.63) is 34.4 Å². The molecule has 2 fully saturated rings. The Kier molecular flexibility index (Phi) is 4.13. The molecular weight excluding hydrogens is 318 g/mol. The van der Waals surface area contributed by atoms with Gasteiger partial charge in [-0.3, -0.25) is 35.2 Å². The van der Waals surface area contributed by atoms with Crippen LogP contribution in [0.4, 0.5) is 16.2 Å². The topological polar surface area (TPSA) is 125 Å². The number of carbonyl (C=O) groups is 3. The second kappa shape index (κ2) is 6.24. The van der Waals surface area contributed by atoms with Gasteiger partial charge in [0.05, 0.1) is 4.92 Å². The molecule has 1 aromatic rings. The first-order valence-electron chi connectivity index (χ1n) is 7.35. The molecule has 2 N–H and O–H groups in total. The lowest BCUT2D eigenvalue weighted by Gasteiger charge is -2.39. The van der Waals surface area contributed by atoms with Crippen molar-refractivity contribution in [2.75, 3.05) is 31.1 Å². The Morgan fingerprint density at radius 1 is 0.958 bits per heavy atom. The highest BCUT2D eigenvalue weighted by Gasteiger charge is 2.39. The van der Waals surface area contributed by atoms with Crippen molar-refractivity contribution in [3.8, 4) is 0 Å². The molecule has 10 nitrogen and oxygen atoms in total. The number of anilines is 1. The van der Waals surface area contributed by atoms with E-state index in [2.05, 4.69) is 10.6 Å². The number of barbiturate groups is 1. The van der Waals surface area contributed by atoms with Crippen LogP contribution in [0.2, 0.25) is 0 Å². The number of benzene rings is 1. The minimum atomic E-state index is -1.01. The van der Waals surface area contributed by atoms with Gasteiger partial charge in [-0.15, -0.1) is 0 Å². The molecule has 126 valence electrons. The van der Waals surface area contributed by atoms with Crippen LogP contribution in [0.5, 0.6) is 0 Å². The first kappa shape index (κ1) is 15.9. The first-order valence-corrected chi connectivity index (χ1v) is 7.35. The minimum absolute atomic E-state index is 0.0256. The quantitative estimate of drug-likeness (QED) is 0.432. The first-order chi connectivity index (χ1) is 11.5. The van der Waals surface area contributed by atoms with Gasteiger partial charge in [0.15, 0.2) is 6.04 Å². The Morgan fingerprint density at radius 3 is 2.00 bits per heavy atom. The van der Waals surface area contributed by atoms with Gasteiger partial charge >= 0.3 is 6.03 Å². The Labute approximate surface area is 136 Å². The monoisotopic (exact) mass is 333 g/mol. The summed E-state index contributed by atoms with van der Waals surface area (Å²) in [4.78, 5) is 48.7. The van der Waals surface area contributed by atoms with Gasteiger partial charge in [0.2, 0.25) is 0 Å². The molecule has 2 heterocycles. The van der Waals surface area contributed by atoms with Crippen molar-refractivity contribution in [2.24, 2.45) is 0 Å². The lowest BCUT2D eigenvalue weighted by Crippen LogP contribution is -2.66. The molecule has 10 heteroatoms. The van der Waals surface area contributed by atoms with Crippen molar-refractivity contribution in [3.63, 3.8) is 0 Å². The lowest BCUT2D eigenvalue weighted by atomic mass is 10.1. The van der Waals surface area contributed by atoms with Gasteiger partial charge in [0.25, 0.3) is 17.5 Å². The molecule has 4 amide bonds. The molecule has 24 heavy (non-hydrogen) atoms. The summed E-state index contributed by atoms with van der Waals surface area (Å²) in [5.41, 5.74) is 0.866. The fraction of sp³-hybridized carbons (Fsp3) is 0.357. The number of carbonyl (C=O) groups excluding carboxylic acids is 3. The van der Waals surface area contributed by atoms with E-state index in [0.717, 1.165) is 5.69 Å². The summed E-state index contributed by atoms with van der Waals surface area (Å²) in [6, 6.07) is 4.41. The molecule has 0 aliphatic carbocycles. The van der Waals surface area contributed by atoms with Crippen LogP contribution >= 0.6 is 0 Å². The highest BCUT2D eigenvalue weighted by molar-refractivity contribution is 6.18. The maximum atomic E-state index is 11.9. The van der Waals surface area contributed by atoms with Gasteiger partial charge in [-0.1, -0.05) is 0 Å². The van der Waals surface area contributed by atoms with Crippen LogP contribution in [0, 0.1) is 10.1 Å². The van der Waals surface area contributed by atoms with Gasteiger partial charge in [-0.25, -0.2) is 4.79 Å². The zero-order valence-electron chi connectivity index (χ0n) is 12.6. The van der Waals surface area contributed by atoms with E-state index >= 15 is 0 Å². The molecule has 0 unspecified atom stereocenters. The summed E-state index contributed by atoms with van der Waals surface area (Å²) in [5, 5.41) is 14.9. The fourth-order valence-corrected chi connectivity index (χ4v) is 2.87. The summed E-state index contributed by atoms with van der Waals surface area (Å²) in [7, 11) is 0. The van der Waals surface area contributed by atoms with Crippen LogP contribution in [0.15, 0.2) is 24.3 Å². The van der Waals surface area contributed by atoms with Crippen LogP contribution in [0.1, 0.15) is 0 Å². The lowest BCUT2D eigenvalue weighted by molar-refractivity contribution is -0.384. The summed E-state index contributed by atoms with van der Waals surface area (Å²) in [5.74, 6) is -1.24. The van der Waals surface area contributed by atoms with Crippen LogP contribution in [-0.2, 0) is 9.59 Å². The number of amides is 4. The zero-order valence-corrected chi connectivity index (χ0v) is 12.6. The maximum Gasteiger partial charge on any atom is 0.328 e. The van der Waals surface area contributed by atoms with E-state index < -0.39 is 28.8 Å². The number of urea groups is 1. The molecule has 2 aliphatic heterocycles. The summed E-state index contributed by atoms with van der Waals surface area (Å²) < 4.78 is 0. The number of nitro groups is 1. The SMILES string of the molecule is O=C1NC(=O)C(N2CCN(c3ccc([N+](=O)[O-])cc3)CC2)C(=O)N1. The van der Waals surface area contributed by atoms with E-state index in [1.165, 1.54) is 12.1 Å². The van der Waals surface area contributed by atoms with Crippen LogP contribution in [0.25, 0.3) is 0 Å². The van der Waals surface area contributed by atoms with E-state index in [0.29, 0.717) is 26.2 Å². The van der Waals surface area contributed by atoms with Gasteiger partial charge in [-0.2, -0.15) is 0 Å². The summed E-state index contributed by atoms with van der Waals surface area (Å²) in [6.07, 6.45) is 0. The van der Waals surface area contributed by atoms with E-state index in [1.54, 1.807) is 17.0 Å². The summed E-state index contributed by atoms with van der Waals surface area (Å²) >= 11 is 0. The fourth-order valence-electron chi connectivity index (χ4n) is 2.87. The van der Waals surface area contributed by atoms with E-state index in [9.17, 15) is 24.5 Å². The largest absolute Gasteiger partial charge is 0.369 e. The smallest absolute Gasteiger partial charge is 0.328 e. The molecule has 3 rings (SSSR count). The molecule has 1 aromatic carbocycles. The second-order valence-electron chi connectivity index (χ2n) is 5.51. The third-order valence-electron chi connectivity index (χ3n) is 4.08. The van der Waals surface area contributed by atoms with Crippen LogP contribution < -0.4 is 15.5 Å². The molecule has 0 bridgehead atoms. The number of nitrogens with zero attached hydrogens (tertiary/aromatic N) is 3. The Bertz CT molecular complexity index is 676. The highest BCUT2D eigenvalue weighted by atomic mass is 16.6. The van der Waals surface area contributed by atoms with Crippen molar-refractivity contribution < 1.29 is 19.3 Å². The zero-order chi connectivity index (χ0) is 17.3. The highest BCUT2D eigenvalue weighted by Crippen LogP contribution is 2.21. The van der Waals surface area contributed by atoms with Crippen molar-refractivity contribution in [1.82, 2.24) is 15.5 Å². The molecular formula is C14H15N5O5. The number of hydrogen-bond donors (Lipinski definition) is 2. The molecule has 0 saturated carbocycles. The van der Waals surface area contributed by atoms with Gasteiger partial charge in [-0.05, 0) is 12.1 Å². The molecule has 0 aromatic heterocycles. The average Bonchev–Trinajstić information content (AvgIpc) is 2.54. The Balaban J connectivity index is 1.63. The third kappa shape index (κ3) is 3.04. The molecule has 0 spiro atoms. The van der Waals surface area contributed by atoms with Crippen molar-refractivity contribution >= 4 is 29.2 Å². The number of piperazine rings is 1. The normalized spacial score (nSPS) is 19.8. The second-order valence-corrected chi connectivity index (χ2v) is 5.51. The number of nitro benzene ring substituents is 1. The standard InChI is InChI=1S/C14H15N5O5/c20-12-11(13(21)16-14(22)15-12)18-7-5-17(6-8-18)9-1-3-10(4-2-9)19(23)24/h1-4,11H,5-8H2,(H2,15,16,20,21,22). The van der Waals surface area contributed by atoms with Gasteiger partial charge < -0.3 is 4.90 Å². The molecule has 2 aliphatic rings. The molecule has 0 atom stereocenters. The predicted molar refractivity (Wildman–Crippen MR) is 82.4 cm³/mol. The van der Waals surface area contributed by atoms with Gasteiger partial charge in [0.1, 0.15) is 0 Å². The summed E-state index contributed by atoms with van der Waals surface area (Å²) in [6.45, 7) is 2.03. The Morgan fingerprint density at radius 2 is 1.50 bits per heavy atom. The maximum absolute atomic E-state index is 11.9. The van der Waals surface area contributed by atoms with E-state index in [1.807, 2.05) is 4.90 Å². The number of imide groups is 2.